The highest BCUT2D eigenvalue weighted by atomic mass is 19.4. The maximum absolute atomic E-state index is 13.2. The van der Waals surface area contributed by atoms with Crippen LogP contribution in [0.25, 0.3) is 0 Å². The van der Waals surface area contributed by atoms with Crippen LogP contribution < -0.4 is 11.1 Å². The number of nitrogens with two attached hydrogens (primary N) is 1. The molecular formula is C22H33F4N3O2. The third-order valence-corrected chi connectivity index (χ3v) is 4.55. The number of amides is 2. The van der Waals surface area contributed by atoms with Crippen LogP contribution in [0.2, 0.25) is 0 Å². The average Bonchev–Trinajstić information content (AvgIpc) is 3.13. The Morgan fingerprint density at radius 2 is 1.97 bits per heavy atom. The standard InChI is InChI=1S/C14H16F4N2O.C7H14.CH3NO/c1-9-3-2-4-20(9)13(21)8-19-12-6-10(14(16,17)18)5-11(15)7-12;1-3-5-7-6-4-2;2-1-3/h5-7,9,19H,2-4,8H2,1H3;3H,1,4-7H2,2H3;1H,(H2,2,3)/t9-;;/m1../s1. The molecule has 0 bridgehead atoms. The van der Waals surface area contributed by atoms with E-state index in [0.717, 1.165) is 25.0 Å². The highest BCUT2D eigenvalue weighted by molar-refractivity contribution is 5.81. The van der Waals surface area contributed by atoms with Crippen LogP contribution in [0.5, 0.6) is 0 Å². The Hall–Kier alpha value is -2.58. The number of hydrogen-bond acceptors (Lipinski definition) is 3. The first kappa shape index (κ1) is 28.4. The summed E-state index contributed by atoms with van der Waals surface area (Å²) in [5.41, 5.74) is 3.04. The fourth-order valence-corrected chi connectivity index (χ4v) is 2.98. The molecule has 1 heterocycles. The van der Waals surface area contributed by atoms with Gasteiger partial charge in [0.15, 0.2) is 0 Å². The summed E-state index contributed by atoms with van der Waals surface area (Å²) < 4.78 is 50.9. The summed E-state index contributed by atoms with van der Waals surface area (Å²) in [6.07, 6.45) is 4.63. The van der Waals surface area contributed by atoms with Gasteiger partial charge in [-0.15, -0.1) is 6.58 Å². The quantitative estimate of drug-likeness (QED) is 0.264. The van der Waals surface area contributed by atoms with Gasteiger partial charge < -0.3 is 16.0 Å². The summed E-state index contributed by atoms with van der Waals surface area (Å²) >= 11 is 0. The van der Waals surface area contributed by atoms with Crippen molar-refractivity contribution in [2.75, 3.05) is 18.4 Å². The van der Waals surface area contributed by atoms with Gasteiger partial charge in [0.05, 0.1) is 12.1 Å². The van der Waals surface area contributed by atoms with Gasteiger partial charge in [-0.3, -0.25) is 9.59 Å². The van der Waals surface area contributed by atoms with Gasteiger partial charge in [0.25, 0.3) is 0 Å². The molecule has 5 nitrogen and oxygen atoms in total. The summed E-state index contributed by atoms with van der Waals surface area (Å²) in [7, 11) is 0. The maximum Gasteiger partial charge on any atom is 0.416 e. The van der Waals surface area contributed by atoms with E-state index in [1.54, 1.807) is 4.90 Å². The molecule has 31 heavy (non-hydrogen) atoms. The van der Waals surface area contributed by atoms with Gasteiger partial charge in [0.1, 0.15) is 5.82 Å². The summed E-state index contributed by atoms with van der Waals surface area (Å²) in [5.74, 6) is -1.19. The van der Waals surface area contributed by atoms with Gasteiger partial charge in [-0.25, -0.2) is 4.39 Å². The molecule has 1 aliphatic heterocycles. The molecule has 9 heteroatoms. The monoisotopic (exact) mass is 447 g/mol. The number of benzene rings is 1. The molecular weight excluding hydrogens is 414 g/mol. The number of hydrogen-bond donors (Lipinski definition) is 2. The molecule has 1 saturated heterocycles. The maximum atomic E-state index is 13.2. The third-order valence-electron chi connectivity index (χ3n) is 4.55. The number of carbonyl (C=O) groups is 2. The minimum absolute atomic E-state index is 0.0532. The second kappa shape index (κ2) is 15.3. The molecule has 1 fully saturated rings. The molecule has 0 radical (unpaired) electrons. The number of allylic oxidation sites excluding steroid dienone is 1. The lowest BCUT2D eigenvalue weighted by Gasteiger charge is -2.22. The molecule has 0 unspecified atom stereocenters. The number of rotatable bonds is 7. The average molecular weight is 448 g/mol. The third kappa shape index (κ3) is 12.0. The van der Waals surface area contributed by atoms with Crippen molar-refractivity contribution in [2.24, 2.45) is 5.73 Å². The van der Waals surface area contributed by atoms with Crippen LogP contribution in [0.4, 0.5) is 23.2 Å². The van der Waals surface area contributed by atoms with Gasteiger partial charge in [0.2, 0.25) is 12.3 Å². The topological polar surface area (TPSA) is 75.4 Å². The first-order valence-electron chi connectivity index (χ1n) is 10.3. The van der Waals surface area contributed by atoms with Crippen molar-refractivity contribution in [2.45, 2.75) is 64.6 Å². The molecule has 0 aliphatic carbocycles. The second-order valence-corrected chi connectivity index (χ2v) is 7.08. The molecule has 2 rings (SSSR count). The predicted molar refractivity (Wildman–Crippen MR) is 115 cm³/mol. The molecule has 0 saturated carbocycles. The lowest BCUT2D eigenvalue weighted by molar-refractivity contribution is -0.137. The molecule has 1 aromatic carbocycles. The van der Waals surface area contributed by atoms with Crippen LogP contribution in [-0.2, 0) is 15.8 Å². The van der Waals surface area contributed by atoms with Crippen LogP contribution in [0.15, 0.2) is 30.9 Å². The van der Waals surface area contributed by atoms with E-state index < -0.39 is 17.6 Å². The van der Waals surface area contributed by atoms with E-state index in [-0.39, 0.29) is 30.6 Å². The van der Waals surface area contributed by atoms with Gasteiger partial charge in [-0.1, -0.05) is 25.8 Å². The van der Waals surface area contributed by atoms with Crippen molar-refractivity contribution in [3.05, 3.63) is 42.2 Å². The van der Waals surface area contributed by atoms with E-state index in [1.807, 2.05) is 13.0 Å². The van der Waals surface area contributed by atoms with Gasteiger partial charge in [0, 0.05) is 18.3 Å². The number of primary amides is 1. The SMILES string of the molecule is C=CCCCCC.C[C@@H]1CCCN1C(=O)CNc1cc(F)cc(C(F)(F)F)c1.NC=O. The minimum Gasteiger partial charge on any atom is -0.376 e. The highest BCUT2D eigenvalue weighted by Crippen LogP contribution is 2.31. The summed E-state index contributed by atoms with van der Waals surface area (Å²) in [5, 5.41) is 2.56. The number of nitrogens with zero attached hydrogens (tertiary/aromatic N) is 1. The number of nitrogens with one attached hydrogen (secondary N) is 1. The number of unbranched alkanes of at least 4 members (excludes halogenated alkanes) is 3. The van der Waals surface area contributed by atoms with Crippen molar-refractivity contribution in [1.29, 1.82) is 0 Å². The van der Waals surface area contributed by atoms with Crippen molar-refractivity contribution in [1.82, 2.24) is 4.90 Å². The zero-order valence-electron chi connectivity index (χ0n) is 18.2. The summed E-state index contributed by atoms with van der Waals surface area (Å²) in [6, 6.07) is 2.30. The highest BCUT2D eigenvalue weighted by Gasteiger charge is 2.31. The summed E-state index contributed by atoms with van der Waals surface area (Å²) in [4.78, 5) is 22.2. The van der Waals surface area contributed by atoms with Crippen LogP contribution in [0.3, 0.4) is 0 Å². The van der Waals surface area contributed by atoms with Crippen molar-refractivity contribution in [3.63, 3.8) is 0 Å². The number of likely N-dealkylation sites (tertiary alicyclic amines) is 1. The molecule has 0 aromatic heterocycles. The first-order chi connectivity index (χ1) is 14.6. The van der Waals surface area contributed by atoms with Crippen LogP contribution in [-0.4, -0.2) is 36.3 Å². The van der Waals surface area contributed by atoms with E-state index in [9.17, 15) is 22.4 Å². The fraction of sp³-hybridized carbons (Fsp3) is 0.545. The molecule has 1 atom stereocenters. The smallest absolute Gasteiger partial charge is 0.376 e. The molecule has 176 valence electrons. The zero-order valence-corrected chi connectivity index (χ0v) is 18.2. The van der Waals surface area contributed by atoms with Crippen molar-refractivity contribution < 1.29 is 27.2 Å². The Labute approximate surface area is 181 Å². The van der Waals surface area contributed by atoms with E-state index in [2.05, 4.69) is 24.6 Å². The second-order valence-electron chi connectivity index (χ2n) is 7.08. The van der Waals surface area contributed by atoms with E-state index in [4.69, 9.17) is 4.79 Å². The molecule has 2 amide bonds. The zero-order chi connectivity index (χ0) is 23.9. The first-order valence-corrected chi connectivity index (χ1v) is 10.3. The van der Waals surface area contributed by atoms with E-state index >= 15 is 0 Å². The Bertz CT molecular complexity index is 681. The van der Waals surface area contributed by atoms with Crippen molar-refractivity contribution in [3.8, 4) is 0 Å². The number of carbonyl (C=O) groups excluding carboxylic acids is 2. The van der Waals surface area contributed by atoms with Gasteiger partial charge in [-0.05, 0) is 50.8 Å². The molecule has 0 spiro atoms. The number of halogens is 4. The van der Waals surface area contributed by atoms with E-state index in [0.29, 0.717) is 12.6 Å². The molecule has 3 N–H and O–H groups in total. The lowest BCUT2D eigenvalue weighted by Crippen LogP contribution is -2.37. The largest absolute Gasteiger partial charge is 0.416 e. The van der Waals surface area contributed by atoms with E-state index in [1.165, 1.54) is 25.7 Å². The Balaban J connectivity index is 0.000000756. The van der Waals surface area contributed by atoms with Gasteiger partial charge >= 0.3 is 6.18 Å². The number of alkyl halides is 3. The normalized spacial score (nSPS) is 15.2. The Morgan fingerprint density at radius 3 is 2.45 bits per heavy atom. The van der Waals surface area contributed by atoms with Crippen LogP contribution in [0, 0.1) is 5.82 Å². The lowest BCUT2D eigenvalue weighted by atomic mass is 10.2. The van der Waals surface area contributed by atoms with Crippen LogP contribution >= 0.6 is 0 Å². The predicted octanol–water partition coefficient (Wildman–Crippen LogP) is 5.12. The minimum atomic E-state index is -4.62. The Kier molecular flexibility index (Phi) is 14.0. The van der Waals surface area contributed by atoms with Crippen molar-refractivity contribution >= 4 is 18.0 Å². The van der Waals surface area contributed by atoms with Crippen LogP contribution in [0.1, 0.15) is 57.9 Å². The molecule has 1 aromatic rings. The number of anilines is 1. The Morgan fingerprint density at radius 1 is 1.32 bits per heavy atom. The fourth-order valence-electron chi connectivity index (χ4n) is 2.98. The summed E-state index contributed by atoms with van der Waals surface area (Å²) in [6.45, 7) is 8.27. The molecule has 1 aliphatic rings. The van der Waals surface area contributed by atoms with Gasteiger partial charge in [-0.2, -0.15) is 13.2 Å².